The summed E-state index contributed by atoms with van der Waals surface area (Å²) >= 11 is 14.1. The van der Waals surface area contributed by atoms with Crippen molar-refractivity contribution in [2.45, 2.75) is 40.8 Å². The number of hydrogen-bond donors (Lipinski definition) is 2. The molecule has 8 rings (SSSR count). The molecule has 314 valence electrons. The molecule has 0 aliphatic carbocycles. The number of hydrogen-bond acceptors (Lipinski definition) is 9. The standard InChI is InChI=1S/C26H24ClN3O3S2.C17H19ClN2O3S2/c27-21-10-8-20(9-11-21)26(31)28-18-22-12-13-25(34-22)35(32,33)30-16-14-29(15-17-30)24-7-3-5-19-4-1-2-6-23(19)24;18-14-6-4-13(5-7-14)17(21)19-12-15-8-9-16(24-15)25(22,23)20-10-2-1-3-11-20/h1-13H,14-18H2,(H,28,31);4-9H,1-3,10-12H2,(H,19,21). The summed E-state index contributed by atoms with van der Waals surface area (Å²) in [4.78, 5) is 28.3. The molecule has 60 heavy (non-hydrogen) atoms. The summed E-state index contributed by atoms with van der Waals surface area (Å²) in [5.41, 5.74) is 2.15. The molecule has 4 aromatic carbocycles. The number of carbonyl (C=O) groups excluding carboxylic acids is 2. The molecule has 0 atom stereocenters. The van der Waals surface area contributed by atoms with Crippen LogP contribution in [-0.2, 0) is 33.1 Å². The number of sulfonamides is 2. The Hall–Kier alpha value is -4.32. The van der Waals surface area contributed by atoms with Gasteiger partial charge in [0.25, 0.3) is 31.9 Å². The molecule has 2 amide bonds. The molecule has 2 N–H and O–H groups in total. The normalized spacial score (nSPS) is 15.3. The highest BCUT2D eigenvalue weighted by Gasteiger charge is 2.31. The molecule has 0 bridgehead atoms. The maximum atomic E-state index is 13.3. The van der Waals surface area contributed by atoms with E-state index in [0.717, 1.165) is 34.7 Å². The monoisotopic (exact) mass is 923 g/mol. The van der Waals surface area contributed by atoms with Crippen molar-refractivity contribution in [3.63, 3.8) is 0 Å². The number of halogens is 2. The molecular weight excluding hydrogens is 882 g/mol. The van der Waals surface area contributed by atoms with E-state index in [4.69, 9.17) is 23.2 Å². The van der Waals surface area contributed by atoms with Gasteiger partial charge in [-0.3, -0.25) is 9.59 Å². The summed E-state index contributed by atoms with van der Waals surface area (Å²) in [6.07, 6.45) is 2.90. The third-order valence-corrected chi connectivity index (χ3v) is 17.6. The molecule has 2 saturated heterocycles. The van der Waals surface area contributed by atoms with Gasteiger partial charge < -0.3 is 15.5 Å². The number of nitrogens with zero attached hydrogens (tertiary/aromatic N) is 3. The first-order valence-electron chi connectivity index (χ1n) is 19.4. The van der Waals surface area contributed by atoms with Crippen molar-refractivity contribution in [1.29, 1.82) is 0 Å². The third-order valence-electron chi connectivity index (χ3n) is 10.2. The fourth-order valence-corrected chi connectivity index (χ4v) is 13.0. The van der Waals surface area contributed by atoms with Crippen molar-refractivity contribution in [3.05, 3.63) is 146 Å². The zero-order valence-corrected chi connectivity index (χ0v) is 37.2. The molecule has 2 aliphatic heterocycles. The van der Waals surface area contributed by atoms with Gasteiger partial charge in [-0.2, -0.15) is 8.61 Å². The number of rotatable bonds is 11. The van der Waals surface area contributed by atoms with Crippen LogP contribution in [0.15, 0.2) is 124 Å². The van der Waals surface area contributed by atoms with Crippen LogP contribution >= 0.6 is 45.9 Å². The molecular formula is C43H43Cl2N5O6S4. The van der Waals surface area contributed by atoms with Gasteiger partial charge >= 0.3 is 0 Å². The van der Waals surface area contributed by atoms with Gasteiger partial charge in [0.2, 0.25) is 0 Å². The molecule has 2 fully saturated rings. The van der Waals surface area contributed by atoms with E-state index in [9.17, 15) is 26.4 Å². The maximum absolute atomic E-state index is 13.3. The summed E-state index contributed by atoms with van der Waals surface area (Å²) in [5.74, 6) is -0.450. The van der Waals surface area contributed by atoms with E-state index in [1.807, 2.05) is 18.2 Å². The largest absolute Gasteiger partial charge is 0.368 e. The predicted octanol–water partition coefficient (Wildman–Crippen LogP) is 8.50. The number of benzene rings is 4. The summed E-state index contributed by atoms with van der Waals surface area (Å²) < 4.78 is 55.5. The number of piperazine rings is 1. The SMILES string of the molecule is O=C(NCc1ccc(S(=O)(=O)N2CCCCC2)s1)c1ccc(Cl)cc1.O=C(NCc1ccc(S(=O)(=O)N2CCN(c3cccc4ccccc34)CC2)s1)c1ccc(Cl)cc1. The molecule has 2 aromatic heterocycles. The number of carbonyl (C=O) groups is 2. The van der Waals surface area contributed by atoms with E-state index in [-0.39, 0.29) is 18.4 Å². The molecule has 0 radical (unpaired) electrons. The third kappa shape index (κ3) is 10.6. The maximum Gasteiger partial charge on any atom is 0.252 e. The lowest BCUT2D eigenvalue weighted by Crippen LogP contribution is -2.48. The minimum absolute atomic E-state index is 0.217. The highest BCUT2D eigenvalue weighted by molar-refractivity contribution is 7.91. The second kappa shape index (κ2) is 19.6. The van der Waals surface area contributed by atoms with E-state index in [1.165, 1.54) is 33.4 Å². The van der Waals surface area contributed by atoms with Crippen molar-refractivity contribution in [2.75, 3.05) is 44.2 Å². The first-order valence-corrected chi connectivity index (χ1v) is 24.6. The second-order valence-electron chi connectivity index (χ2n) is 14.2. The van der Waals surface area contributed by atoms with Gasteiger partial charge in [-0.15, -0.1) is 22.7 Å². The number of anilines is 1. The van der Waals surface area contributed by atoms with Gasteiger partial charge in [-0.05, 0) is 97.1 Å². The summed E-state index contributed by atoms with van der Waals surface area (Å²) in [7, 11) is -7.00. The Morgan fingerprint density at radius 3 is 1.52 bits per heavy atom. The van der Waals surface area contributed by atoms with Crippen LogP contribution in [0.4, 0.5) is 5.69 Å². The quantitative estimate of drug-likeness (QED) is 0.133. The summed E-state index contributed by atoms with van der Waals surface area (Å²) in [5, 5.41) is 9.12. The van der Waals surface area contributed by atoms with Crippen LogP contribution in [-0.4, -0.2) is 76.5 Å². The van der Waals surface area contributed by atoms with E-state index in [1.54, 1.807) is 81.4 Å². The van der Waals surface area contributed by atoms with E-state index < -0.39 is 20.0 Å². The van der Waals surface area contributed by atoms with Crippen LogP contribution in [0.5, 0.6) is 0 Å². The average molecular weight is 925 g/mol. The summed E-state index contributed by atoms with van der Waals surface area (Å²) in [6.45, 7) is 3.83. The Labute approximate surface area is 368 Å². The fraction of sp³-hybridized carbons (Fsp3) is 0.256. The predicted molar refractivity (Wildman–Crippen MR) is 241 cm³/mol. The lowest BCUT2D eigenvalue weighted by atomic mass is 10.1. The number of thiophene rings is 2. The topological polar surface area (TPSA) is 136 Å². The van der Waals surface area contributed by atoms with Gasteiger partial charge in [-0.1, -0.05) is 66.0 Å². The van der Waals surface area contributed by atoms with E-state index in [2.05, 4.69) is 39.8 Å². The highest BCUT2D eigenvalue weighted by atomic mass is 35.5. The second-order valence-corrected chi connectivity index (χ2v) is 21.7. The van der Waals surface area contributed by atoms with Crippen molar-refractivity contribution in [3.8, 4) is 0 Å². The molecule has 17 heteroatoms. The van der Waals surface area contributed by atoms with Crippen LogP contribution in [0.3, 0.4) is 0 Å². The Morgan fingerprint density at radius 1 is 0.533 bits per heavy atom. The zero-order chi connectivity index (χ0) is 42.3. The molecule has 6 aromatic rings. The Morgan fingerprint density at radius 2 is 1.00 bits per heavy atom. The van der Waals surface area contributed by atoms with E-state index in [0.29, 0.717) is 75.4 Å². The molecule has 0 spiro atoms. The van der Waals surface area contributed by atoms with Crippen LogP contribution in [0.1, 0.15) is 49.7 Å². The van der Waals surface area contributed by atoms with Crippen LogP contribution in [0.25, 0.3) is 10.8 Å². The molecule has 11 nitrogen and oxygen atoms in total. The van der Waals surface area contributed by atoms with Crippen LogP contribution in [0.2, 0.25) is 10.0 Å². The van der Waals surface area contributed by atoms with Gasteiger partial charge in [0, 0.05) is 81.3 Å². The van der Waals surface area contributed by atoms with Gasteiger partial charge in [0.15, 0.2) is 0 Å². The van der Waals surface area contributed by atoms with E-state index >= 15 is 0 Å². The summed E-state index contributed by atoms with van der Waals surface area (Å²) in [6, 6.07) is 34.5. The van der Waals surface area contributed by atoms with Crippen molar-refractivity contribution >= 4 is 94.2 Å². The molecule has 0 saturated carbocycles. The van der Waals surface area contributed by atoms with Crippen molar-refractivity contribution in [2.24, 2.45) is 0 Å². The minimum atomic E-state index is -3.59. The highest BCUT2D eigenvalue weighted by Crippen LogP contribution is 2.31. The zero-order valence-electron chi connectivity index (χ0n) is 32.4. The molecule has 4 heterocycles. The number of amides is 2. The van der Waals surface area contributed by atoms with Crippen molar-refractivity contribution < 1.29 is 26.4 Å². The lowest BCUT2D eigenvalue weighted by Gasteiger charge is -2.35. The fourth-order valence-electron chi connectivity index (χ4n) is 6.94. The van der Waals surface area contributed by atoms with Gasteiger partial charge in [0.1, 0.15) is 8.42 Å². The van der Waals surface area contributed by atoms with Crippen LogP contribution in [0, 0.1) is 0 Å². The first-order chi connectivity index (χ1) is 28.9. The smallest absolute Gasteiger partial charge is 0.252 e. The van der Waals surface area contributed by atoms with Crippen molar-refractivity contribution in [1.82, 2.24) is 19.2 Å². The molecule has 0 unspecified atom stereocenters. The minimum Gasteiger partial charge on any atom is -0.368 e. The number of fused-ring (bicyclic) bond motifs is 1. The van der Waals surface area contributed by atoms with Gasteiger partial charge in [-0.25, -0.2) is 16.8 Å². The Kier molecular flexibility index (Phi) is 14.3. The first kappa shape index (κ1) is 43.8. The number of piperidine rings is 1. The van der Waals surface area contributed by atoms with Crippen LogP contribution < -0.4 is 15.5 Å². The van der Waals surface area contributed by atoms with Gasteiger partial charge in [0.05, 0.1) is 13.1 Å². The Bertz CT molecular complexity index is 2650. The lowest BCUT2D eigenvalue weighted by molar-refractivity contribution is 0.0943. The average Bonchev–Trinajstić information content (AvgIpc) is 3.97. The Balaban J connectivity index is 0.000000192. The number of nitrogens with one attached hydrogen (secondary N) is 2. The molecule has 2 aliphatic rings.